The monoisotopic (exact) mass is 185 g/mol. The lowest BCUT2D eigenvalue weighted by Crippen LogP contribution is -2.33. The molecule has 0 radical (unpaired) electrons. The summed E-state index contributed by atoms with van der Waals surface area (Å²) in [7, 11) is 0. The third-order valence-electron chi connectivity index (χ3n) is 3.32. The average Bonchev–Trinajstić information content (AvgIpc) is 2.08. The Morgan fingerprint density at radius 2 is 1.85 bits per heavy atom. The van der Waals surface area contributed by atoms with Gasteiger partial charge in [0.2, 0.25) is 0 Å². The Kier molecular flexibility index (Phi) is 4.20. The molecule has 1 aliphatic carbocycles. The number of aliphatic hydroxyl groups excluding tert-OH is 1. The molecule has 0 amide bonds. The van der Waals surface area contributed by atoms with Gasteiger partial charge in [-0.1, -0.05) is 32.6 Å². The second-order valence-electron chi connectivity index (χ2n) is 4.79. The molecule has 13 heavy (non-hydrogen) atoms. The number of rotatable bonds is 3. The van der Waals surface area contributed by atoms with Crippen LogP contribution >= 0.6 is 0 Å². The highest BCUT2D eigenvalue weighted by atomic mass is 16.3. The molecule has 2 atom stereocenters. The van der Waals surface area contributed by atoms with E-state index in [1.165, 1.54) is 25.7 Å². The predicted octanol–water partition coefficient (Wildman–Crippen LogP) is 1.91. The van der Waals surface area contributed by atoms with Gasteiger partial charge in [0.05, 0.1) is 6.10 Å². The molecule has 1 rings (SSSR count). The van der Waals surface area contributed by atoms with Crippen molar-refractivity contribution in [1.29, 1.82) is 0 Å². The summed E-state index contributed by atoms with van der Waals surface area (Å²) in [5.41, 5.74) is 5.63. The lowest BCUT2D eigenvalue weighted by Gasteiger charge is -2.28. The highest BCUT2D eigenvalue weighted by Gasteiger charge is 2.22. The van der Waals surface area contributed by atoms with Gasteiger partial charge in [-0.3, -0.25) is 0 Å². The molecule has 2 nitrogen and oxygen atoms in total. The zero-order valence-electron chi connectivity index (χ0n) is 8.87. The van der Waals surface area contributed by atoms with Crippen molar-refractivity contribution in [2.24, 2.45) is 17.6 Å². The third-order valence-corrected chi connectivity index (χ3v) is 3.32. The molecule has 0 saturated heterocycles. The molecule has 0 aliphatic heterocycles. The molecule has 1 unspecified atom stereocenters. The highest BCUT2D eigenvalue weighted by molar-refractivity contribution is 4.76. The fraction of sp³-hybridized carbons (Fsp3) is 1.00. The van der Waals surface area contributed by atoms with Crippen molar-refractivity contribution in [2.45, 2.75) is 58.1 Å². The van der Waals surface area contributed by atoms with Crippen LogP contribution in [0, 0.1) is 11.8 Å². The molecule has 0 bridgehead atoms. The lowest BCUT2D eigenvalue weighted by atomic mass is 9.80. The molecular formula is C11H23NO. The molecule has 1 aliphatic rings. The van der Waals surface area contributed by atoms with E-state index in [9.17, 15) is 5.11 Å². The summed E-state index contributed by atoms with van der Waals surface area (Å²) in [6.45, 7) is 4.20. The quantitative estimate of drug-likeness (QED) is 0.705. The molecule has 0 aromatic heterocycles. The second-order valence-corrected chi connectivity index (χ2v) is 4.79. The zero-order chi connectivity index (χ0) is 9.84. The molecule has 2 heteroatoms. The minimum absolute atomic E-state index is 0.0700. The highest BCUT2D eigenvalue weighted by Crippen LogP contribution is 2.31. The summed E-state index contributed by atoms with van der Waals surface area (Å²) in [5, 5.41) is 9.62. The molecule has 1 saturated carbocycles. The first-order valence-corrected chi connectivity index (χ1v) is 5.53. The van der Waals surface area contributed by atoms with Crippen molar-refractivity contribution >= 4 is 0 Å². The van der Waals surface area contributed by atoms with E-state index in [0.29, 0.717) is 0 Å². The Morgan fingerprint density at radius 1 is 1.31 bits per heavy atom. The smallest absolute Gasteiger partial charge is 0.0691 e. The Morgan fingerprint density at radius 3 is 2.31 bits per heavy atom. The van der Waals surface area contributed by atoms with Crippen LogP contribution in [-0.2, 0) is 0 Å². The van der Waals surface area contributed by atoms with Gasteiger partial charge in [-0.15, -0.1) is 0 Å². The fourth-order valence-corrected chi connectivity index (χ4v) is 2.12. The van der Waals surface area contributed by atoms with E-state index < -0.39 is 0 Å². The van der Waals surface area contributed by atoms with Crippen LogP contribution in [0.2, 0.25) is 0 Å². The van der Waals surface area contributed by atoms with Gasteiger partial charge in [0.15, 0.2) is 0 Å². The van der Waals surface area contributed by atoms with Gasteiger partial charge in [-0.2, -0.15) is 0 Å². The number of nitrogens with two attached hydrogens (primary N) is 1. The van der Waals surface area contributed by atoms with Crippen LogP contribution in [0.25, 0.3) is 0 Å². The van der Waals surface area contributed by atoms with Crippen LogP contribution in [0.4, 0.5) is 0 Å². The first-order valence-electron chi connectivity index (χ1n) is 5.53. The summed E-state index contributed by atoms with van der Waals surface area (Å²) in [4.78, 5) is 0. The third kappa shape index (κ3) is 3.65. The van der Waals surface area contributed by atoms with E-state index >= 15 is 0 Å². The molecule has 1 fully saturated rings. The van der Waals surface area contributed by atoms with Gasteiger partial charge >= 0.3 is 0 Å². The van der Waals surface area contributed by atoms with E-state index in [1.807, 2.05) is 6.92 Å². The van der Waals surface area contributed by atoms with Crippen LogP contribution in [0.1, 0.15) is 46.0 Å². The summed E-state index contributed by atoms with van der Waals surface area (Å²) >= 11 is 0. The SMILES string of the molecule is CC1CCC(CC(O)[C@@H](C)N)CC1. The molecule has 0 heterocycles. The molecular weight excluding hydrogens is 162 g/mol. The van der Waals surface area contributed by atoms with Crippen LogP contribution in [0.15, 0.2) is 0 Å². The maximum atomic E-state index is 9.62. The summed E-state index contributed by atoms with van der Waals surface area (Å²) < 4.78 is 0. The number of aliphatic hydroxyl groups is 1. The Hall–Kier alpha value is -0.0800. The van der Waals surface area contributed by atoms with Crippen molar-refractivity contribution < 1.29 is 5.11 Å². The first kappa shape index (κ1) is 11.0. The topological polar surface area (TPSA) is 46.2 Å². The van der Waals surface area contributed by atoms with E-state index in [-0.39, 0.29) is 12.1 Å². The Balaban J connectivity index is 2.22. The molecule has 0 aromatic carbocycles. The standard InChI is InChI=1S/C11H23NO/c1-8-3-5-10(6-4-8)7-11(13)9(2)12/h8-11,13H,3-7,12H2,1-2H3/t8?,9-,10?,11?/m1/s1. The van der Waals surface area contributed by atoms with Crippen LogP contribution in [0.5, 0.6) is 0 Å². The lowest BCUT2D eigenvalue weighted by molar-refractivity contribution is 0.106. The van der Waals surface area contributed by atoms with Gasteiger partial charge in [0.25, 0.3) is 0 Å². The van der Waals surface area contributed by atoms with Crippen molar-refractivity contribution in [3.05, 3.63) is 0 Å². The predicted molar refractivity (Wildman–Crippen MR) is 55.4 cm³/mol. The zero-order valence-corrected chi connectivity index (χ0v) is 8.87. The maximum Gasteiger partial charge on any atom is 0.0691 e. The van der Waals surface area contributed by atoms with Crippen LogP contribution in [-0.4, -0.2) is 17.3 Å². The molecule has 3 N–H and O–H groups in total. The molecule has 78 valence electrons. The van der Waals surface area contributed by atoms with Crippen molar-refractivity contribution in [2.75, 3.05) is 0 Å². The van der Waals surface area contributed by atoms with Crippen molar-refractivity contribution in [3.8, 4) is 0 Å². The van der Waals surface area contributed by atoms with Crippen molar-refractivity contribution in [1.82, 2.24) is 0 Å². The largest absolute Gasteiger partial charge is 0.392 e. The van der Waals surface area contributed by atoms with Gasteiger partial charge in [0.1, 0.15) is 0 Å². The first-order chi connectivity index (χ1) is 6.09. The van der Waals surface area contributed by atoms with Crippen LogP contribution in [0.3, 0.4) is 0 Å². The maximum absolute atomic E-state index is 9.62. The molecule has 0 spiro atoms. The normalized spacial score (nSPS) is 34.2. The fourth-order valence-electron chi connectivity index (χ4n) is 2.12. The van der Waals surface area contributed by atoms with E-state index in [4.69, 9.17) is 5.73 Å². The number of hydrogen-bond donors (Lipinski definition) is 2. The Bertz CT molecular complexity index is 139. The summed E-state index contributed by atoms with van der Waals surface area (Å²) in [6.07, 6.45) is 5.84. The van der Waals surface area contributed by atoms with Gasteiger partial charge in [0, 0.05) is 6.04 Å². The minimum Gasteiger partial charge on any atom is -0.392 e. The molecule has 0 aromatic rings. The average molecular weight is 185 g/mol. The van der Waals surface area contributed by atoms with Crippen LogP contribution < -0.4 is 5.73 Å². The van der Waals surface area contributed by atoms with E-state index in [0.717, 1.165) is 18.3 Å². The summed E-state index contributed by atoms with van der Waals surface area (Å²) in [5.74, 6) is 1.61. The number of hydrogen-bond acceptors (Lipinski definition) is 2. The second kappa shape index (κ2) is 4.97. The van der Waals surface area contributed by atoms with E-state index in [1.54, 1.807) is 0 Å². The van der Waals surface area contributed by atoms with E-state index in [2.05, 4.69) is 6.92 Å². The van der Waals surface area contributed by atoms with Gasteiger partial charge < -0.3 is 10.8 Å². The summed E-state index contributed by atoms with van der Waals surface area (Å²) in [6, 6.07) is -0.0700. The van der Waals surface area contributed by atoms with Crippen molar-refractivity contribution in [3.63, 3.8) is 0 Å². The van der Waals surface area contributed by atoms with Gasteiger partial charge in [-0.05, 0) is 25.2 Å². The Labute approximate surface area is 81.5 Å². The van der Waals surface area contributed by atoms with Gasteiger partial charge in [-0.25, -0.2) is 0 Å². The minimum atomic E-state index is -0.293.